The van der Waals surface area contributed by atoms with Gasteiger partial charge in [-0.3, -0.25) is 4.68 Å². The van der Waals surface area contributed by atoms with Crippen LogP contribution in [-0.4, -0.2) is 34.6 Å². The third kappa shape index (κ3) is 10.4. The van der Waals surface area contributed by atoms with Crippen molar-refractivity contribution in [2.45, 2.75) is 26.0 Å². The monoisotopic (exact) mass is 949 g/mol. The predicted molar refractivity (Wildman–Crippen MR) is 246 cm³/mol. The van der Waals surface area contributed by atoms with E-state index in [1.807, 2.05) is 72.9 Å². The SMILES string of the molecule is O=c1oc2cc(OCCCCn3cc(COc4ccc(-c5c(-c6ccccc6)c6cc(Cl)cc(Cl)c6oc5=O)cc4)nn3)ccc2c(-c2ccccc2)c1-c1ccc(OS(=O)(=O)[O-])cc1.[Na+]. The summed E-state index contributed by atoms with van der Waals surface area (Å²) in [6, 6.07) is 40.2. The zero-order valence-corrected chi connectivity index (χ0v) is 39.3. The molecular formula is C49H34Cl2N3NaO10S. The molecule has 66 heavy (non-hydrogen) atoms. The topological polar surface area (TPSA) is 176 Å². The zero-order valence-electron chi connectivity index (χ0n) is 35.0. The second-order valence-electron chi connectivity index (χ2n) is 14.8. The fourth-order valence-corrected chi connectivity index (χ4v) is 8.46. The summed E-state index contributed by atoms with van der Waals surface area (Å²) in [5.41, 5.74) is 4.65. The van der Waals surface area contributed by atoms with Crippen LogP contribution in [0.15, 0.2) is 164 Å². The van der Waals surface area contributed by atoms with E-state index in [0.717, 1.165) is 17.5 Å². The molecule has 0 saturated carbocycles. The Morgan fingerprint density at radius 1 is 0.621 bits per heavy atom. The van der Waals surface area contributed by atoms with E-state index in [9.17, 15) is 22.6 Å². The molecule has 0 atom stereocenters. The van der Waals surface area contributed by atoms with Crippen molar-refractivity contribution >= 4 is 55.5 Å². The summed E-state index contributed by atoms with van der Waals surface area (Å²) < 4.78 is 63.0. The molecule has 0 radical (unpaired) electrons. The van der Waals surface area contributed by atoms with Crippen molar-refractivity contribution in [3.63, 3.8) is 0 Å². The van der Waals surface area contributed by atoms with Crippen LogP contribution < -0.4 is 54.5 Å². The normalized spacial score (nSPS) is 11.4. The van der Waals surface area contributed by atoms with Crippen LogP contribution >= 0.6 is 23.2 Å². The Kier molecular flexibility index (Phi) is 14.1. The van der Waals surface area contributed by atoms with Crippen molar-refractivity contribution in [2.24, 2.45) is 0 Å². The molecule has 6 aromatic carbocycles. The van der Waals surface area contributed by atoms with Gasteiger partial charge in [0.05, 0.1) is 29.0 Å². The van der Waals surface area contributed by atoms with E-state index in [2.05, 4.69) is 14.5 Å². The number of fused-ring (bicyclic) bond motifs is 2. The van der Waals surface area contributed by atoms with Gasteiger partial charge in [-0.1, -0.05) is 113 Å². The van der Waals surface area contributed by atoms with Crippen LogP contribution in [0.5, 0.6) is 17.2 Å². The first-order chi connectivity index (χ1) is 31.5. The maximum atomic E-state index is 13.5. The van der Waals surface area contributed by atoms with Gasteiger partial charge in [0.2, 0.25) is 0 Å². The molecule has 9 aromatic rings. The molecule has 0 saturated heterocycles. The van der Waals surface area contributed by atoms with Crippen LogP contribution in [0.4, 0.5) is 0 Å². The molecule has 326 valence electrons. The number of rotatable bonds is 15. The number of unbranched alkanes of at least 4 members (excludes halogenated alkanes) is 1. The molecule has 0 bridgehead atoms. The van der Waals surface area contributed by atoms with Gasteiger partial charge in [0.1, 0.15) is 35.1 Å². The Hall–Kier alpha value is -6.23. The molecule has 0 aliphatic heterocycles. The number of aryl methyl sites for hydroxylation is 1. The Balaban J connectivity index is 0.00000592. The first-order valence-corrected chi connectivity index (χ1v) is 22.2. The van der Waals surface area contributed by atoms with E-state index < -0.39 is 21.7 Å². The minimum Gasteiger partial charge on any atom is -0.716 e. The summed E-state index contributed by atoms with van der Waals surface area (Å²) in [5, 5.41) is 10.4. The molecule has 0 fully saturated rings. The second-order valence-corrected chi connectivity index (χ2v) is 16.6. The van der Waals surface area contributed by atoms with Crippen molar-refractivity contribution in [3.8, 4) is 61.8 Å². The van der Waals surface area contributed by atoms with E-state index in [1.54, 1.807) is 53.2 Å². The molecule has 13 nitrogen and oxygen atoms in total. The maximum absolute atomic E-state index is 13.5. The second kappa shape index (κ2) is 20.1. The van der Waals surface area contributed by atoms with Crippen LogP contribution in [0.2, 0.25) is 10.0 Å². The molecule has 0 unspecified atom stereocenters. The quantitative estimate of drug-likeness (QED) is 0.0322. The average molecular weight is 951 g/mol. The summed E-state index contributed by atoms with van der Waals surface area (Å²) in [7, 11) is -4.96. The molecule has 3 aromatic heterocycles. The summed E-state index contributed by atoms with van der Waals surface area (Å²) in [5.74, 6) is 0.915. The van der Waals surface area contributed by atoms with E-state index in [0.29, 0.717) is 86.0 Å². The van der Waals surface area contributed by atoms with Gasteiger partial charge in [-0.05, 0) is 83.6 Å². The van der Waals surface area contributed by atoms with Crippen LogP contribution in [0, 0.1) is 0 Å². The Morgan fingerprint density at radius 2 is 1.20 bits per heavy atom. The van der Waals surface area contributed by atoms with E-state index in [-0.39, 0.29) is 58.1 Å². The largest absolute Gasteiger partial charge is 1.00 e. The van der Waals surface area contributed by atoms with Crippen LogP contribution in [0.1, 0.15) is 18.5 Å². The van der Waals surface area contributed by atoms with E-state index >= 15 is 0 Å². The van der Waals surface area contributed by atoms with Gasteiger partial charge in [-0.15, -0.1) is 5.10 Å². The standard InChI is InChI=1S/C49H35Cl2N3O10S.Na/c50-34-25-40-44(31-11-5-2-6-12-31)46(49(56)63-47(40)41(51)26-34)32-13-17-36(18-14-32)61-29-35-28-54(53-52-35)23-7-8-24-60-38-21-22-39-42(27-38)62-48(55)45(43(39)30-9-3-1-4-10-30)33-15-19-37(20-16-33)64-65(57,58)59;/h1-6,9-22,25-28H,7-8,23-24,29H2,(H,57,58,59);/q;+1/p-1. The van der Waals surface area contributed by atoms with E-state index in [4.69, 9.17) is 41.5 Å². The maximum Gasteiger partial charge on any atom is 1.00 e. The number of hydrogen-bond donors (Lipinski definition) is 0. The number of ether oxygens (including phenoxy) is 2. The van der Waals surface area contributed by atoms with Crippen LogP contribution in [0.25, 0.3) is 66.4 Å². The third-order valence-electron chi connectivity index (χ3n) is 10.4. The minimum absolute atomic E-state index is 0. The first-order valence-electron chi connectivity index (χ1n) is 20.2. The van der Waals surface area contributed by atoms with Crippen LogP contribution in [0.3, 0.4) is 0 Å². The fraction of sp³-hybridized carbons (Fsp3) is 0.102. The van der Waals surface area contributed by atoms with Gasteiger partial charge in [0.25, 0.3) is 10.4 Å². The number of halogens is 2. The van der Waals surface area contributed by atoms with Crippen molar-refractivity contribution < 1.29 is 65.0 Å². The zero-order chi connectivity index (χ0) is 45.1. The summed E-state index contributed by atoms with van der Waals surface area (Å²) in [6.07, 6.45) is 3.26. The van der Waals surface area contributed by atoms with Crippen molar-refractivity contribution in [1.82, 2.24) is 15.0 Å². The number of benzene rings is 6. The van der Waals surface area contributed by atoms with Gasteiger partial charge in [0.15, 0.2) is 5.58 Å². The Bertz CT molecular complexity index is 3420. The average Bonchev–Trinajstić information content (AvgIpc) is 3.76. The Morgan fingerprint density at radius 3 is 1.83 bits per heavy atom. The molecule has 17 heteroatoms. The molecule has 0 amide bonds. The molecule has 0 N–H and O–H groups in total. The molecule has 3 heterocycles. The fourth-order valence-electron chi connectivity index (χ4n) is 7.58. The summed E-state index contributed by atoms with van der Waals surface area (Å²) >= 11 is 12.8. The van der Waals surface area contributed by atoms with Gasteiger partial charge in [0, 0.05) is 39.5 Å². The summed E-state index contributed by atoms with van der Waals surface area (Å²) in [4.78, 5) is 27.0. The van der Waals surface area contributed by atoms with Crippen LogP contribution in [-0.2, 0) is 23.6 Å². The third-order valence-corrected chi connectivity index (χ3v) is 11.3. The van der Waals surface area contributed by atoms with Crippen molar-refractivity contribution in [3.05, 3.63) is 182 Å². The molecule has 0 aliphatic rings. The van der Waals surface area contributed by atoms with Gasteiger partial charge in [-0.25, -0.2) is 18.0 Å². The summed E-state index contributed by atoms with van der Waals surface area (Å²) in [6.45, 7) is 1.16. The predicted octanol–water partition coefficient (Wildman–Crippen LogP) is 7.75. The smallest absolute Gasteiger partial charge is 0.716 e. The van der Waals surface area contributed by atoms with E-state index in [1.165, 1.54) is 24.3 Å². The Labute approximate surface area is 409 Å². The molecule has 0 aliphatic carbocycles. The number of nitrogens with zero attached hydrogens (tertiary/aromatic N) is 3. The van der Waals surface area contributed by atoms with Crippen molar-refractivity contribution in [1.29, 1.82) is 0 Å². The molecular weight excluding hydrogens is 917 g/mol. The van der Waals surface area contributed by atoms with Gasteiger partial charge >= 0.3 is 40.8 Å². The number of aromatic nitrogens is 3. The molecule has 0 spiro atoms. The number of hydrogen-bond acceptors (Lipinski definition) is 12. The first kappa shape index (κ1) is 46.3. The molecule has 9 rings (SSSR count). The minimum atomic E-state index is -4.96. The van der Waals surface area contributed by atoms with Gasteiger partial charge in [-0.2, -0.15) is 0 Å². The van der Waals surface area contributed by atoms with Crippen molar-refractivity contribution in [2.75, 3.05) is 6.61 Å². The van der Waals surface area contributed by atoms with Gasteiger partial charge < -0.3 is 27.0 Å².